The molecule has 0 aliphatic rings. The summed E-state index contributed by atoms with van der Waals surface area (Å²) >= 11 is 0. The number of nitrogens with zero attached hydrogens (tertiary/aromatic N) is 1. The molecule has 0 bridgehead atoms. The van der Waals surface area contributed by atoms with Gasteiger partial charge in [-0.25, -0.2) is 4.98 Å². The summed E-state index contributed by atoms with van der Waals surface area (Å²) in [7, 11) is 1.57. The molecule has 0 atom stereocenters. The first kappa shape index (κ1) is 10.2. The fourth-order valence-corrected chi connectivity index (χ4v) is 0.874. The predicted octanol–water partition coefficient (Wildman–Crippen LogP) is 2.06. The number of hydrogen-bond acceptors (Lipinski definition) is 4. The van der Waals surface area contributed by atoms with Crippen molar-refractivity contribution in [2.45, 2.75) is 6.92 Å². The third-order valence-corrected chi connectivity index (χ3v) is 1.53. The summed E-state index contributed by atoms with van der Waals surface area (Å²) in [4.78, 5) is 3.97. The maximum absolute atomic E-state index is 7.17. The molecule has 0 amide bonds. The first-order chi connectivity index (χ1) is 6.72. The van der Waals surface area contributed by atoms with Crippen LogP contribution in [0, 0.1) is 5.41 Å². The van der Waals surface area contributed by atoms with Crippen LogP contribution < -0.4 is 10.1 Å². The van der Waals surface area contributed by atoms with Gasteiger partial charge in [0.2, 0.25) is 5.88 Å². The molecular weight excluding hydrogens is 178 g/mol. The highest BCUT2D eigenvalue weighted by Gasteiger charge is 1.93. The lowest BCUT2D eigenvalue weighted by Gasteiger charge is -2.02. The molecule has 1 aromatic rings. The van der Waals surface area contributed by atoms with E-state index in [1.807, 2.05) is 6.07 Å². The number of nitrogens with one attached hydrogen (secondary N) is 2. The van der Waals surface area contributed by atoms with Crippen LogP contribution in [0.1, 0.15) is 6.92 Å². The van der Waals surface area contributed by atoms with Crippen LogP contribution in [0.2, 0.25) is 0 Å². The quantitative estimate of drug-likeness (QED) is 0.716. The van der Waals surface area contributed by atoms with E-state index in [0.29, 0.717) is 11.6 Å². The lowest BCUT2D eigenvalue weighted by atomic mass is 10.4. The molecule has 0 saturated carbocycles. The molecular formula is C10H13N3O. The van der Waals surface area contributed by atoms with E-state index in [-0.39, 0.29) is 0 Å². The van der Waals surface area contributed by atoms with E-state index in [9.17, 15) is 0 Å². The molecule has 0 fully saturated rings. The van der Waals surface area contributed by atoms with Crippen LogP contribution in [0.3, 0.4) is 0 Å². The minimum Gasteiger partial charge on any atom is -0.481 e. The highest BCUT2D eigenvalue weighted by molar-refractivity contribution is 5.90. The van der Waals surface area contributed by atoms with Crippen LogP contribution in [-0.4, -0.2) is 17.8 Å². The smallest absolute Gasteiger partial charge is 0.214 e. The highest BCUT2D eigenvalue weighted by Crippen LogP contribution is 2.12. The van der Waals surface area contributed by atoms with E-state index in [2.05, 4.69) is 10.3 Å². The predicted molar refractivity (Wildman–Crippen MR) is 57.0 cm³/mol. The standard InChI is InChI=1S/C10H13N3O/c1-8(11)3-5-12-9-4-6-13-10(7-9)14-2/h3-7,11H,1-2H3,(H,12,13)/b5-3-,11-8?. The van der Waals surface area contributed by atoms with E-state index < -0.39 is 0 Å². The lowest BCUT2D eigenvalue weighted by molar-refractivity contribution is 0.398. The molecule has 14 heavy (non-hydrogen) atoms. The number of ether oxygens (including phenoxy) is 1. The van der Waals surface area contributed by atoms with Gasteiger partial charge >= 0.3 is 0 Å². The summed E-state index contributed by atoms with van der Waals surface area (Å²) in [6.45, 7) is 1.71. The zero-order chi connectivity index (χ0) is 10.4. The summed E-state index contributed by atoms with van der Waals surface area (Å²) in [6, 6.07) is 3.61. The summed E-state index contributed by atoms with van der Waals surface area (Å²) in [5, 5.41) is 10.2. The van der Waals surface area contributed by atoms with Gasteiger partial charge in [0, 0.05) is 29.9 Å². The minimum absolute atomic E-state index is 0.499. The molecule has 0 spiro atoms. The van der Waals surface area contributed by atoms with Gasteiger partial charge < -0.3 is 15.5 Å². The van der Waals surface area contributed by atoms with Crippen molar-refractivity contribution < 1.29 is 4.74 Å². The van der Waals surface area contributed by atoms with Gasteiger partial charge in [-0.15, -0.1) is 0 Å². The van der Waals surface area contributed by atoms with Gasteiger partial charge in [0.05, 0.1) is 7.11 Å². The Morgan fingerprint density at radius 3 is 3.07 bits per heavy atom. The first-order valence-corrected chi connectivity index (χ1v) is 4.20. The van der Waals surface area contributed by atoms with Crippen molar-refractivity contribution in [2.24, 2.45) is 0 Å². The van der Waals surface area contributed by atoms with Crippen LogP contribution in [0.4, 0.5) is 5.69 Å². The largest absolute Gasteiger partial charge is 0.481 e. The van der Waals surface area contributed by atoms with Crippen molar-refractivity contribution in [2.75, 3.05) is 12.4 Å². The zero-order valence-corrected chi connectivity index (χ0v) is 8.24. The fourth-order valence-electron chi connectivity index (χ4n) is 0.874. The molecule has 1 heterocycles. The Hall–Kier alpha value is -1.84. The van der Waals surface area contributed by atoms with E-state index in [1.54, 1.807) is 38.6 Å². The number of aromatic nitrogens is 1. The molecule has 2 N–H and O–H groups in total. The minimum atomic E-state index is 0.499. The van der Waals surface area contributed by atoms with Crippen molar-refractivity contribution in [1.82, 2.24) is 4.98 Å². The Morgan fingerprint density at radius 1 is 1.64 bits per heavy atom. The number of hydrogen-bond donors (Lipinski definition) is 2. The number of pyridine rings is 1. The Bertz CT molecular complexity index is 347. The summed E-state index contributed by atoms with van der Waals surface area (Å²) in [5.74, 6) is 0.565. The van der Waals surface area contributed by atoms with E-state index in [0.717, 1.165) is 5.69 Å². The second-order valence-corrected chi connectivity index (χ2v) is 2.75. The van der Waals surface area contributed by atoms with Gasteiger partial charge in [0.25, 0.3) is 0 Å². The van der Waals surface area contributed by atoms with E-state index >= 15 is 0 Å². The number of rotatable bonds is 4. The van der Waals surface area contributed by atoms with Crippen molar-refractivity contribution in [1.29, 1.82) is 5.41 Å². The number of methoxy groups -OCH3 is 1. The van der Waals surface area contributed by atoms with Gasteiger partial charge in [0.15, 0.2) is 0 Å². The van der Waals surface area contributed by atoms with Crippen LogP contribution in [0.25, 0.3) is 0 Å². The molecule has 4 nitrogen and oxygen atoms in total. The van der Waals surface area contributed by atoms with E-state index in [4.69, 9.17) is 10.1 Å². The van der Waals surface area contributed by atoms with Gasteiger partial charge in [-0.2, -0.15) is 0 Å². The summed E-state index contributed by atoms with van der Waals surface area (Å²) < 4.78 is 4.96. The van der Waals surface area contributed by atoms with Gasteiger partial charge in [-0.05, 0) is 19.1 Å². The van der Waals surface area contributed by atoms with Gasteiger partial charge in [-0.1, -0.05) is 0 Å². The lowest BCUT2D eigenvalue weighted by Crippen LogP contribution is -1.92. The first-order valence-electron chi connectivity index (χ1n) is 4.20. The Kier molecular flexibility index (Phi) is 3.67. The highest BCUT2D eigenvalue weighted by atomic mass is 16.5. The Morgan fingerprint density at radius 2 is 2.43 bits per heavy atom. The molecule has 0 aliphatic heterocycles. The zero-order valence-electron chi connectivity index (χ0n) is 8.24. The second-order valence-electron chi connectivity index (χ2n) is 2.75. The summed E-state index contributed by atoms with van der Waals surface area (Å²) in [5.41, 5.74) is 1.38. The van der Waals surface area contributed by atoms with Crippen molar-refractivity contribution in [3.05, 3.63) is 30.6 Å². The molecule has 0 aromatic carbocycles. The molecule has 1 rings (SSSR count). The van der Waals surface area contributed by atoms with Crippen LogP contribution >= 0.6 is 0 Å². The third-order valence-electron chi connectivity index (χ3n) is 1.53. The van der Waals surface area contributed by atoms with Crippen molar-refractivity contribution in [3.8, 4) is 5.88 Å². The average molecular weight is 191 g/mol. The molecule has 0 aliphatic carbocycles. The molecule has 1 aromatic heterocycles. The normalized spacial score (nSPS) is 10.1. The number of allylic oxidation sites excluding steroid dienone is 1. The molecule has 74 valence electrons. The van der Waals surface area contributed by atoms with E-state index in [1.165, 1.54) is 0 Å². The maximum atomic E-state index is 7.17. The van der Waals surface area contributed by atoms with Crippen molar-refractivity contribution >= 4 is 11.4 Å². The summed E-state index contributed by atoms with van der Waals surface area (Å²) in [6.07, 6.45) is 5.04. The number of anilines is 1. The molecule has 0 unspecified atom stereocenters. The van der Waals surface area contributed by atoms with Gasteiger partial charge in [0.1, 0.15) is 0 Å². The second kappa shape index (κ2) is 5.01. The average Bonchev–Trinajstić information content (AvgIpc) is 2.18. The third kappa shape index (κ3) is 3.26. The topological polar surface area (TPSA) is 58.0 Å². The molecule has 0 radical (unpaired) electrons. The molecule has 4 heteroatoms. The maximum Gasteiger partial charge on any atom is 0.214 e. The molecule has 0 saturated heterocycles. The van der Waals surface area contributed by atoms with Crippen LogP contribution in [-0.2, 0) is 0 Å². The van der Waals surface area contributed by atoms with Crippen molar-refractivity contribution in [3.63, 3.8) is 0 Å². The SMILES string of the molecule is COc1cc(N/C=C\C(C)=N)ccn1. The van der Waals surface area contributed by atoms with Gasteiger partial charge in [-0.3, -0.25) is 0 Å². The van der Waals surface area contributed by atoms with Crippen LogP contribution in [0.15, 0.2) is 30.6 Å². The fraction of sp³-hybridized carbons (Fsp3) is 0.200. The monoisotopic (exact) mass is 191 g/mol. The van der Waals surface area contributed by atoms with Crippen LogP contribution in [0.5, 0.6) is 5.88 Å². The Labute approximate surface area is 83.1 Å². The Balaban J connectivity index is 2.63.